The number of carbonyl (C=O) groups is 1. The highest BCUT2D eigenvalue weighted by Crippen LogP contribution is 2.30. The first-order chi connectivity index (χ1) is 12.5. The molecule has 0 saturated carbocycles. The Morgan fingerprint density at radius 3 is 2.46 bits per heavy atom. The zero-order chi connectivity index (χ0) is 18.5. The Morgan fingerprint density at radius 1 is 1.08 bits per heavy atom. The lowest BCUT2D eigenvalue weighted by atomic mass is 10.2. The van der Waals surface area contributed by atoms with E-state index in [2.05, 4.69) is 16.2 Å². The predicted molar refractivity (Wildman–Crippen MR) is 97.4 cm³/mol. The fraction of sp³-hybridized carbons (Fsp3) is 0.125. The van der Waals surface area contributed by atoms with Crippen LogP contribution in [0.25, 0.3) is 0 Å². The molecule has 134 valence electrons. The van der Waals surface area contributed by atoms with E-state index in [-0.39, 0.29) is 10.8 Å². The summed E-state index contributed by atoms with van der Waals surface area (Å²) in [7, 11) is 0. The van der Waals surface area contributed by atoms with Crippen LogP contribution >= 0.6 is 12.2 Å². The Morgan fingerprint density at radius 2 is 1.77 bits per heavy atom. The summed E-state index contributed by atoms with van der Waals surface area (Å²) < 4.78 is 10.8. The number of anilines is 1. The van der Waals surface area contributed by atoms with Gasteiger partial charge in [0.2, 0.25) is 0 Å². The van der Waals surface area contributed by atoms with Crippen molar-refractivity contribution in [2.75, 3.05) is 18.6 Å². The minimum atomic E-state index is -0.491. The second-order valence-electron chi connectivity index (χ2n) is 5.20. The molecular formula is C16H14N4O5S. The second kappa shape index (κ2) is 7.66. The average molecular weight is 374 g/mol. The number of nitro groups is 1. The molecule has 2 aromatic carbocycles. The maximum absolute atomic E-state index is 12.2. The largest absolute Gasteiger partial charge is 0.486 e. The van der Waals surface area contributed by atoms with E-state index >= 15 is 0 Å². The average Bonchev–Trinajstić information content (AvgIpc) is 2.66. The van der Waals surface area contributed by atoms with Gasteiger partial charge in [0.15, 0.2) is 16.6 Å². The summed E-state index contributed by atoms with van der Waals surface area (Å²) >= 11 is 5.05. The topological polar surface area (TPSA) is 115 Å². The molecule has 0 radical (unpaired) electrons. The van der Waals surface area contributed by atoms with E-state index < -0.39 is 10.8 Å². The summed E-state index contributed by atoms with van der Waals surface area (Å²) in [5, 5.41) is 13.2. The molecule has 0 fully saturated rings. The van der Waals surface area contributed by atoms with Crippen molar-refractivity contribution < 1.29 is 19.2 Å². The number of rotatable bonds is 4. The van der Waals surface area contributed by atoms with E-state index in [0.29, 0.717) is 36.0 Å². The van der Waals surface area contributed by atoms with Crippen LogP contribution in [0.5, 0.6) is 11.5 Å². The highest BCUT2D eigenvalue weighted by Gasteiger charge is 2.15. The van der Waals surface area contributed by atoms with E-state index in [1.807, 2.05) is 0 Å². The number of hydrazine groups is 1. The highest BCUT2D eigenvalue weighted by molar-refractivity contribution is 7.80. The van der Waals surface area contributed by atoms with E-state index in [4.69, 9.17) is 21.7 Å². The first-order valence-corrected chi connectivity index (χ1v) is 7.95. The molecule has 0 aromatic heterocycles. The molecule has 0 unspecified atom stereocenters. The second-order valence-corrected chi connectivity index (χ2v) is 5.60. The highest BCUT2D eigenvalue weighted by atomic mass is 32.1. The number of non-ortho nitro benzene ring substituents is 1. The molecule has 0 aliphatic carbocycles. The Hall–Kier alpha value is -3.40. The summed E-state index contributed by atoms with van der Waals surface area (Å²) in [6, 6.07) is 10.6. The lowest BCUT2D eigenvalue weighted by Gasteiger charge is -2.18. The summed E-state index contributed by atoms with van der Waals surface area (Å²) in [6.45, 7) is 0.901. The van der Waals surface area contributed by atoms with Crippen molar-refractivity contribution in [1.29, 1.82) is 0 Å². The van der Waals surface area contributed by atoms with E-state index in [9.17, 15) is 14.9 Å². The van der Waals surface area contributed by atoms with Crippen LogP contribution in [0.3, 0.4) is 0 Å². The maximum Gasteiger partial charge on any atom is 0.269 e. The number of amides is 1. The fourth-order valence-corrected chi connectivity index (χ4v) is 2.33. The molecule has 2 aromatic rings. The normalized spacial score (nSPS) is 12.0. The smallest absolute Gasteiger partial charge is 0.269 e. The zero-order valence-corrected chi connectivity index (χ0v) is 14.2. The molecule has 26 heavy (non-hydrogen) atoms. The van der Waals surface area contributed by atoms with Crippen LogP contribution < -0.4 is 25.6 Å². The third-order valence-corrected chi connectivity index (χ3v) is 3.63. The van der Waals surface area contributed by atoms with Crippen LogP contribution in [-0.4, -0.2) is 29.2 Å². The lowest BCUT2D eigenvalue weighted by Crippen LogP contribution is -2.42. The molecule has 0 atom stereocenters. The first kappa shape index (κ1) is 17.4. The molecule has 1 aliphatic rings. The van der Waals surface area contributed by atoms with Gasteiger partial charge >= 0.3 is 0 Å². The number of thiocarbonyl (C=S) groups is 1. The number of nitro benzene ring substituents is 1. The molecule has 1 amide bonds. The van der Waals surface area contributed by atoms with Crippen LogP contribution in [0, 0.1) is 10.1 Å². The standard InChI is InChI=1S/C16H14N4O5S/c21-15(10-1-6-13-14(9-10)25-8-7-24-13)17-16(26)19-18-11-2-4-12(5-3-11)20(22)23/h1-6,9,18H,7-8H2,(H2,17,19,21,26). The van der Waals surface area contributed by atoms with Gasteiger partial charge in [0.05, 0.1) is 10.6 Å². The van der Waals surface area contributed by atoms with Crippen molar-refractivity contribution in [2.45, 2.75) is 0 Å². The number of hydrogen-bond donors (Lipinski definition) is 3. The van der Waals surface area contributed by atoms with Crippen LogP contribution in [0.15, 0.2) is 42.5 Å². The quantitative estimate of drug-likeness (QED) is 0.423. The number of benzene rings is 2. The molecule has 3 N–H and O–H groups in total. The van der Waals surface area contributed by atoms with Crippen LogP contribution in [-0.2, 0) is 0 Å². The Bertz CT molecular complexity index is 856. The molecular weight excluding hydrogens is 360 g/mol. The van der Waals surface area contributed by atoms with Crippen molar-refractivity contribution in [3.05, 3.63) is 58.1 Å². The van der Waals surface area contributed by atoms with Gasteiger partial charge in [-0.1, -0.05) is 0 Å². The van der Waals surface area contributed by atoms with Gasteiger partial charge < -0.3 is 9.47 Å². The maximum atomic E-state index is 12.2. The number of nitrogens with zero attached hydrogens (tertiary/aromatic N) is 1. The number of fused-ring (bicyclic) bond motifs is 1. The third kappa shape index (κ3) is 4.16. The molecule has 0 bridgehead atoms. The molecule has 9 nitrogen and oxygen atoms in total. The molecule has 10 heteroatoms. The molecule has 1 aliphatic heterocycles. The van der Waals surface area contributed by atoms with Crippen LogP contribution in [0.1, 0.15) is 10.4 Å². The monoisotopic (exact) mass is 374 g/mol. The molecule has 0 saturated heterocycles. The molecule has 1 heterocycles. The van der Waals surface area contributed by atoms with Gasteiger partial charge in [-0.05, 0) is 42.5 Å². The summed E-state index contributed by atoms with van der Waals surface area (Å²) in [6.07, 6.45) is 0. The number of ether oxygens (including phenoxy) is 2. The van der Waals surface area contributed by atoms with Crippen molar-refractivity contribution in [3.63, 3.8) is 0 Å². The van der Waals surface area contributed by atoms with Gasteiger partial charge in [-0.15, -0.1) is 0 Å². The van der Waals surface area contributed by atoms with Crippen LogP contribution in [0.2, 0.25) is 0 Å². The summed E-state index contributed by atoms with van der Waals surface area (Å²) in [5.74, 6) is 0.685. The lowest BCUT2D eigenvalue weighted by molar-refractivity contribution is -0.384. The zero-order valence-electron chi connectivity index (χ0n) is 13.4. The fourth-order valence-electron chi connectivity index (χ4n) is 2.19. The van der Waals surface area contributed by atoms with Gasteiger partial charge in [-0.3, -0.25) is 31.1 Å². The summed E-state index contributed by atoms with van der Waals surface area (Å²) in [4.78, 5) is 22.4. The Labute approximate surface area is 153 Å². The van der Waals surface area contributed by atoms with Gasteiger partial charge in [0, 0.05) is 17.7 Å². The van der Waals surface area contributed by atoms with Gasteiger partial charge in [-0.2, -0.15) is 0 Å². The van der Waals surface area contributed by atoms with E-state index in [1.165, 1.54) is 24.3 Å². The van der Waals surface area contributed by atoms with Gasteiger partial charge in [-0.25, -0.2) is 0 Å². The van der Waals surface area contributed by atoms with E-state index in [0.717, 1.165) is 0 Å². The van der Waals surface area contributed by atoms with Gasteiger partial charge in [0.1, 0.15) is 13.2 Å². The predicted octanol–water partition coefficient (Wildman–Crippen LogP) is 2.00. The SMILES string of the molecule is O=C(NC(=S)NNc1ccc([N+](=O)[O-])cc1)c1ccc2c(c1)OCCO2. The first-order valence-electron chi connectivity index (χ1n) is 7.54. The van der Waals surface area contributed by atoms with Crippen molar-refractivity contribution in [2.24, 2.45) is 0 Å². The van der Waals surface area contributed by atoms with E-state index in [1.54, 1.807) is 18.2 Å². The van der Waals surface area contributed by atoms with Crippen LogP contribution in [0.4, 0.5) is 11.4 Å². The Balaban J connectivity index is 1.54. The number of nitrogens with one attached hydrogen (secondary N) is 3. The van der Waals surface area contributed by atoms with Crippen molar-refractivity contribution >= 4 is 34.6 Å². The minimum absolute atomic E-state index is 0.0231. The Kier molecular flexibility index (Phi) is 5.13. The molecule has 0 spiro atoms. The number of hydrogen-bond acceptors (Lipinski definition) is 7. The van der Waals surface area contributed by atoms with Gasteiger partial charge in [0.25, 0.3) is 11.6 Å². The minimum Gasteiger partial charge on any atom is -0.486 e. The number of carbonyl (C=O) groups excluding carboxylic acids is 1. The van der Waals surface area contributed by atoms with Crippen molar-refractivity contribution in [1.82, 2.24) is 10.7 Å². The molecule has 3 rings (SSSR count). The third-order valence-electron chi connectivity index (χ3n) is 3.43. The van der Waals surface area contributed by atoms with Crippen molar-refractivity contribution in [3.8, 4) is 11.5 Å². The summed E-state index contributed by atoms with van der Waals surface area (Å²) in [5.41, 5.74) is 6.27.